The Morgan fingerprint density at radius 2 is 1.63 bits per heavy atom. The lowest BCUT2D eigenvalue weighted by Crippen LogP contribution is -2.16. The summed E-state index contributed by atoms with van der Waals surface area (Å²) in [5.74, 6) is 0. The van der Waals surface area contributed by atoms with Gasteiger partial charge in [-0.25, -0.2) is 0 Å². The fourth-order valence-corrected chi connectivity index (χ4v) is 3.50. The fourth-order valence-electron chi connectivity index (χ4n) is 3.50. The van der Waals surface area contributed by atoms with Crippen LogP contribution in [-0.4, -0.2) is 0 Å². The number of aryl methyl sites for hydroxylation is 1. The van der Waals surface area contributed by atoms with Gasteiger partial charge in [0.25, 0.3) is 0 Å². The molecule has 0 spiro atoms. The summed E-state index contributed by atoms with van der Waals surface area (Å²) in [6, 6.07) is 11.3. The van der Waals surface area contributed by atoms with Crippen molar-refractivity contribution in [2.45, 2.75) is 46.5 Å². The fraction of sp³-hybridized carbons (Fsp3) is 0.368. The summed E-state index contributed by atoms with van der Waals surface area (Å²) in [5.41, 5.74) is 10.6. The molecule has 0 heteroatoms. The highest BCUT2D eigenvalue weighted by Crippen LogP contribution is 2.45. The maximum absolute atomic E-state index is 2.39. The molecule has 0 saturated carbocycles. The van der Waals surface area contributed by atoms with Crippen LogP contribution in [0.25, 0.3) is 11.1 Å². The Hall–Kier alpha value is -1.56. The maximum atomic E-state index is 2.39. The molecule has 0 nitrogen and oxygen atoms in total. The van der Waals surface area contributed by atoms with E-state index in [9.17, 15) is 0 Å². The van der Waals surface area contributed by atoms with Crippen LogP contribution in [0.1, 0.15) is 48.6 Å². The third kappa shape index (κ3) is 1.82. The van der Waals surface area contributed by atoms with Crippen molar-refractivity contribution in [3.8, 4) is 11.1 Å². The van der Waals surface area contributed by atoms with Gasteiger partial charge in [-0.1, -0.05) is 51.1 Å². The van der Waals surface area contributed by atoms with E-state index in [1.165, 1.54) is 38.9 Å². The zero-order chi connectivity index (χ0) is 13.8. The minimum Gasteiger partial charge on any atom is -0.0619 e. The molecule has 0 heterocycles. The van der Waals surface area contributed by atoms with E-state index in [4.69, 9.17) is 0 Å². The standard InChI is InChI=1S/C19H22/c1-12-10-15-11-14-8-6-7-9-16(14)17(15)18(13(12)2)19(3,4)5/h6-10H,11H2,1-5H3. The Labute approximate surface area is 116 Å². The Bertz CT molecular complexity index is 654. The van der Waals surface area contributed by atoms with E-state index >= 15 is 0 Å². The van der Waals surface area contributed by atoms with Crippen molar-refractivity contribution in [1.29, 1.82) is 0 Å². The van der Waals surface area contributed by atoms with E-state index < -0.39 is 0 Å². The van der Waals surface area contributed by atoms with Gasteiger partial charge in [-0.3, -0.25) is 0 Å². The van der Waals surface area contributed by atoms with Crippen LogP contribution in [0.2, 0.25) is 0 Å². The van der Waals surface area contributed by atoms with Gasteiger partial charge in [-0.2, -0.15) is 0 Å². The number of benzene rings is 2. The van der Waals surface area contributed by atoms with Crippen molar-refractivity contribution in [2.24, 2.45) is 0 Å². The maximum Gasteiger partial charge on any atom is -0.00132 e. The molecule has 0 amide bonds. The lowest BCUT2D eigenvalue weighted by atomic mass is 9.77. The molecule has 0 saturated heterocycles. The van der Waals surface area contributed by atoms with E-state index in [-0.39, 0.29) is 5.41 Å². The number of hydrogen-bond acceptors (Lipinski definition) is 0. The largest absolute Gasteiger partial charge is 0.0619 e. The van der Waals surface area contributed by atoms with Crippen LogP contribution in [-0.2, 0) is 11.8 Å². The molecule has 98 valence electrons. The average Bonchev–Trinajstić information content (AvgIpc) is 2.66. The summed E-state index contributed by atoms with van der Waals surface area (Å²) < 4.78 is 0. The van der Waals surface area contributed by atoms with Crippen LogP contribution in [0.5, 0.6) is 0 Å². The Morgan fingerprint density at radius 3 is 2.32 bits per heavy atom. The molecule has 0 aromatic heterocycles. The third-order valence-corrected chi connectivity index (χ3v) is 4.35. The SMILES string of the molecule is Cc1cc2c(c(C(C)(C)C)c1C)-c1ccccc1C2. The summed E-state index contributed by atoms with van der Waals surface area (Å²) in [6.07, 6.45) is 1.09. The summed E-state index contributed by atoms with van der Waals surface area (Å²) >= 11 is 0. The summed E-state index contributed by atoms with van der Waals surface area (Å²) in [5, 5.41) is 0. The zero-order valence-electron chi connectivity index (χ0n) is 12.6. The van der Waals surface area contributed by atoms with Crippen molar-refractivity contribution in [3.05, 3.63) is 58.1 Å². The lowest BCUT2D eigenvalue weighted by molar-refractivity contribution is 0.587. The molecule has 1 aliphatic rings. The Morgan fingerprint density at radius 1 is 0.947 bits per heavy atom. The van der Waals surface area contributed by atoms with Crippen molar-refractivity contribution in [2.75, 3.05) is 0 Å². The van der Waals surface area contributed by atoms with E-state index in [1.54, 1.807) is 0 Å². The molecule has 0 unspecified atom stereocenters. The number of hydrogen-bond donors (Lipinski definition) is 0. The summed E-state index contributed by atoms with van der Waals surface area (Å²) in [6.45, 7) is 11.5. The second kappa shape index (κ2) is 3.96. The van der Waals surface area contributed by atoms with Crippen LogP contribution in [0.3, 0.4) is 0 Å². The van der Waals surface area contributed by atoms with E-state index in [2.05, 4.69) is 65.0 Å². The minimum atomic E-state index is 0.192. The number of rotatable bonds is 0. The van der Waals surface area contributed by atoms with Crippen molar-refractivity contribution in [3.63, 3.8) is 0 Å². The molecule has 1 aliphatic carbocycles. The zero-order valence-corrected chi connectivity index (χ0v) is 12.6. The molecule has 0 atom stereocenters. The molecular formula is C19H22. The average molecular weight is 250 g/mol. The topological polar surface area (TPSA) is 0 Å². The van der Waals surface area contributed by atoms with Gasteiger partial charge in [0.1, 0.15) is 0 Å². The molecule has 2 aromatic carbocycles. The molecule has 0 fully saturated rings. The minimum absolute atomic E-state index is 0.192. The summed E-state index contributed by atoms with van der Waals surface area (Å²) in [4.78, 5) is 0. The lowest BCUT2D eigenvalue weighted by Gasteiger charge is -2.27. The molecular weight excluding hydrogens is 228 g/mol. The second-order valence-electron chi connectivity index (χ2n) is 6.81. The molecule has 0 aliphatic heterocycles. The second-order valence-corrected chi connectivity index (χ2v) is 6.81. The van der Waals surface area contributed by atoms with Gasteiger partial charge in [0.15, 0.2) is 0 Å². The van der Waals surface area contributed by atoms with E-state index in [0.717, 1.165) is 6.42 Å². The highest BCUT2D eigenvalue weighted by atomic mass is 14.3. The first-order chi connectivity index (χ1) is 8.89. The first kappa shape index (κ1) is 12.5. The normalized spacial score (nSPS) is 13.3. The van der Waals surface area contributed by atoms with Gasteiger partial charge in [0.05, 0.1) is 0 Å². The molecule has 19 heavy (non-hydrogen) atoms. The molecule has 0 bridgehead atoms. The van der Waals surface area contributed by atoms with Gasteiger partial charge in [-0.05, 0) is 64.6 Å². The highest BCUT2D eigenvalue weighted by Gasteiger charge is 2.28. The van der Waals surface area contributed by atoms with Crippen LogP contribution >= 0.6 is 0 Å². The summed E-state index contributed by atoms with van der Waals surface area (Å²) in [7, 11) is 0. The molecule has 0 radical (unpaired) electrons. The van der Waals surface area contributed by atoms with E-state index in [1.807, 2.05) is 0 Å². The third-order valence-electron chi connectivity index (χ3n) is 4.35. The van der Waals surface area contributed by atoms with Crippen LogP contribution < -0.4 is 0 Å². The van der Waals surface area contributed by atoms with Gasteiger partial charge < -0.3 is 0 Å². The Balaban J connectivity index is 2.40. The first-order valence-corrected chi connectivity index (χ1v) is 7.11. The van der Waals surface area contributed by atoms with Crippen molar-refractivity contribution in [1.82, 2.24) is 0 Å². The van der Waals surface area contributed by atoms with Gasteiger partial charge in [0.2, 0.25) is 0 Å². The Kier molecular flexibility index (Phi) is 2.60. The van der Waals surface area contributed by atoms with Crippen LogP contribution in [0, 0.1) is 13.8 Å². The first-order valence-electron chi connectivity index (χ1n) is 7.11. The van der Waals surface area contributed by atoms with Crippen molar-refractivity contribution >= 4 is 0 Å². The smallest absolute Gasteiger partial charge is 0.00132 e. The monoisotopic (exact) mass is 250 g/mol. The predicted molar refractivity (Wildman–Crippen MR) is 82.9 cm³/mol. The van der Waals surface area contributed by atoms with E-state index in [0.29, 0.717) is 0 Å². The number of fused-ring (bicyclic) bond motifs is 3. The van der Waals surface area contributed by atoms with Gasteiger partial charge >= 0.3 is 0 Å². The van der Waals surface area contributed by atoms with Gasteiger partial charge in [-0.15, -0.1) is 0 Å². The molecule has 2 aromatic rings. The van der Waals surface area contributed by atoms with Crippen LogP contribution in [0.15, 0.2) is 30.3 Å². The van der Waals surface area contributed by atoms with Crippen LogP contribution in [0.4, 0.5) is 0 Å². The molecule has 0 N–H and O–H groups in total. The van der Waals surface area contributed by atoms with Crippen molar-refractivity contribution < 1.29 is 0 Å². The highest BCUT2D eigenvalue weighted by molar-refractivity contribution is 5.82. The molecule has 3 rings (SSSR count). The van der Waals surface area contributed by atoms with Gasteiger partial charge in [0, 0.05) is 0 Å². The predicted octanol–water partition coefficient (Wildman–Crippen LogP) is 5.17. The quantitative estimate of drug-likeness (QED) is 0.516.